The van der Waals surface area contributed by atoms with E-state index in [9.17, 15) is 9.59 Å². The second-order valence-corrected chi connectivity index (χ2v) is 5.61. The zero-order valence-electron chi connectivity index (χ0n) is 13.0. The van der Waals surface area contributed by atoms with Crippen molar-refractivity contribution in [3.8, 4) is 0 Å². The van der Waals surface area contributed by atoms with Gasteiger partial charge in [0.1, 0.15) is 0 Å². The summed E-state index contributed by atoms with van der Waals surface area (Å²) in [5.41, 5.74) is 7.24. The number of aryl methyl sites for hydroxylation is 1. The Morgan fingerprint density at radius 3 is 2.82 bits per heavy atom. The Kier molecular flexibility index (Phi) is 5.77. The summed E-state index contributed by atoms with van der Waals surface area (Å²) in [6.45, 7) is 5.17. The summed E-state index contributed by atoms with van der Waals surface area (Å²) in [6, 6.07) is 6.72. The van der Waals surface area contributed by atoms with Gasteiger partial charge in [0.15, 0.2) is 0 Å². The molecule has 1 atom stereocenters. The maximum absolute atomic E-state index is 12.5. The number of amides is 3. The van der Waals surface area contributed by atoms with Gasteiger partial charge in [-0.05, 0) is 31.0 Å². The molecule has 1 aromatic carbocycles. The molecule has 1 aliphatic heterocycles. The summed E-state index contributed by atoms with van der Waals surface area (Å²) < 4.78 is 0. The molecule has 22 heavy (non-hydrogen) atoms. The predicted molar refractivity (Wildman–Crippen MR) is 85.3 cm³/mol. The summed E-state index contributed by atoms with van der Waals surface area (Å²) >= 11 is 0. The third-order valence-corrected chi connectivity index (χ3v) is 3.95. The Balaban J connectivity index is 2.10. The maximum atomic E-state index is 12.5. The van der Waals surface area contributed by atoms with Gasteiger partial charge in [-0.2, -0.15) is 0 Å². The first-order valence-corrected chi connectivity index (χ1v) is 7.68. The highest BCUT2D eigenvalue weighted by Crippen LogP contribution is 2.21. The molecule has 6 nitrogen and oxygen atoms in total. The molecule has 120 valence electrons. The third kappa shape index (κ3) is 4.46. The number of primary amides is 1. The van der Waals surface area contributed by atoms with Crippen LogP contribution in [0.15, 0.2) is 24.3 Å². The highest BCUT2D eigenvalue weighted by Gasteiger charge is 2.23. The van der Waals surface area contributed by atoms with Gasteiger partial charge in [-0.15, -0.1) is 0 Å². The molecule has 3 amide bonds. The number of nitrogens with one attached hydrogen (secondary N) is 2. The molecular formula is C16H24N4O2. The van der Waals surface area contributed by atoms with Gasteiger partial charge in [0.05, 0.1) is 12.5 Å². The van der Waals surface area contributed by atoms with Crippen LogP contribution in [0.5, 0.6) is 0 Å². The zero-order chi connectivity index (χ0) is 15.9. The Bertz CT molecular complexity index is 525. The van der Waals surface area contributed by atoms with Gasteiger partial charge in [0, 0.05) is 19.6 Å². The molecule has 0 aromatic heterocycles. The third-order valence-electron chi connectivity index (χ3n) is 3.95. The fourth-order valence-corrected chi connectivity index (χ4v) is 2.79. The second-order valence-electron chi connectivity index (χ2n) is 5.61. The highest BCUT2D eigenvalue weighted by molar-refractivity contribution is 5.79. The van der Waals surface area contributed by atoms with E-state index in [1.54, 1.807) is 0 Å². The van der Waals surface area contributed by atoms with Crippen molar-refractivity contribution in [1.82, 2.24) is 15.5 Å². The van der Waals surface area contributed by atoms with Crippen molar-refractivity contribution in [2.24, 2.45) is 5.73 Å². The minimum atomic E-state index is -0.612. The topological polar surface area (TPSA) is 87.5 Å². The van der Waals surface area contributed by atoms with E-state index in [-0.39, 0.29) is 18.4 Å². The lowest BCUT2D eigenvalue weighted by atomic mass is 9.98. The second kappa shape index (κ2) is 7.79. The van der Waals surface area contributed by atoms with Crippen molar-refractivity contribution < 1.29 is 9.59 Å². The molecule has 1 aromatic rings. The monoisotopic (exact) mass is 304 g/mol. The van der Waals surface area contributed by atoms with E-state index in [2.05, 4.69) is 10.6 Å². The lowest BCUT2D eigenvalue weighted by Gasteiger charge is -2.25. The van der Waals surface area contributed by atoms with Gasteiger partial charge in [0.2, 0.25) is 5.91 Å². The fraction of sp³-hybridized carbons (Fsp3) is 0.500. The number of nitrogens with two attached hydrogens (primary N) is 1. The molecule has 2 rings (SSSR count). The van der Waals surface area contributed by atoms with Gasteiger partial charge in [-0.3, -0.25) is 4.79 Å². The fourth-order valence-electron chi connectivity index (χ4n) is 2.79. The van der Waals surface area contributed by atoms with Crippen LogP contribution in [-0.4, -0.2) is 43.0 Å². The van der Waals surface area contributed by atoms with E-state index < -0.39 is 6.03 Å². The zero-order valence-corrected chi connectivity index (χ0v) is 13.0. The number of carbonyl (C=O) groups is 2. The minimum absolute atomic E-state index is 0.0469. The molecule has 1 fully saturated rings. The van der Waals surface area contributed by atoms with E-state index in [0.717, 1.165) is 37.2 Å². The van der Waals surface area contributed by atoms with Crippen LogP contribution in [0, 0.1) is 6.92 Å². The SMILES string of the molecule is Cc1ccccc1[C@H](CC(=O)N1CCCNCC1)NC(N)=O. The van der Waals surface area contributed by atoms with E-state index in [0.29, 0.717) is 6.54 Å². The van der Waals surface area contributed by atoms with Crippen LogP contribution in [0.3, 0.4) is 0 Å². The number of rotatable bonds is 4. The normalized spacial score (nSPS) is 16.7. The quantitative estimate of drug-likeness (QED) is 0.773. The average molecular weight is 304 g/mol. The Labute approximate surface area is 131 Å². The number of benzene rings is 1. The smallest absolute Gasteiger partial charge is 0.312 e. The molecule has 0 unspecified atom stereocenters. The Morgan fingerprint density at radius 1 is 1.32 bits per heavy atom. The maximum Gasteiger partial charge on any atom is 0.312 e. The first-order chi connectivity index (χ1) is 10.6. The minimum Gasteiger partial charge on any atom is -0.352 e. The van der Waals surface area contributed by atoms with Gasteiger partial charge >= 0.3 is 6.03 Å². The summed E-state index contributed by atoms with van der Waals surface area (Å²) in [4.78, 5) is 25.7. The van der Waals surface area contributed by atoms with E-state index in [1.165, 1.54) is 0 Å². The standard InChI is InChI=1S/C16H24N4O2/c1-12-5-2-3-6-13(12)14(19-16(17)22)11-15(21)20-9-4-7-18-8-10-20/h2-3,5-6,14,18H,4,7-11H2,1H3,(H3,17,19,22)/t14-/m0/s1. The summed E-state index contributed by atoms with van der Waals surface area (Å²) in [5.74, 6) is 0.0469. The lowest BCUT2D eigenvalue weighted by molar-refractivity contribution is -0.131. The van der Waals surface area contributed by atoms with Crippen LogP contribution in [-0.2, 0) is 4.79 Å². The van der Waals surface area contributed by atoms with Gasteiger partial charge < -0.3 is 21.3 Å². The van der Waals surface area contributed by atoms with E-state index >= 15 is 0 Å². The van der Waals surface area contributed by atoms with Crippen LogP contribution < -0.4 is 16.4 Å². The van der Waals surface area contributed by atoms with Gasteiger partial charge in [0.25, 0.3) is 0 Å². The van der Waals surface area contributed by atoms with Crippen LogP contribution in [0.1, 0.15) is 30.0 Å². The molecule has 4 N–H and O–H groups in total. The number of hydrogen-bond donors (Lipinski definition) is 3. The van der Waals surface area contributed by atoms with Crippen LogP contribution in [0.25, 0.3) is 0 Å². The number of urea groups is 1. The molecule has 0 saturated carbocycles. The molecule has 0 spiro atoms. The Hall–Kier alpha value is -2.08. The first-order valence-electron chi connectivity index (χ1n) is 7.68. The molecule has 1 heterocycles. The van der Waals surface area contributed by atoms with Crippen molar-refractivity contribution in [3.63, 3.8) is 0 Å². The van der Waals surface area contributed by atoms with Crippen LogP contribution in [0.4, 0.5) is 4.79 Å². The summed E-state index contributed by atoms with van der Waals surface area (Å²) in [6.07, 6.45) is 1.18. The molecule has 1 aliphatic rings. The first kappa shape index (κ1) is 16.3. The molecular weight excluding hydrogens is 280 g/mol. The number of hydrogen-bond acceptors (Lipinski definition) is 3. The number of nitrogens with zero attached hydrogens (tertiary/aromatic N) is 1. The Morgan fingerprint density at radius 2 is 2.09 bits per heavy atom. The van der Waals surface area contributed by atoms with Crippen molar-refractivity contribution in [1.29, 1.82) is 0 Å². The lowest BCUT2D eigenvalue weighted by Crippen LogP contribution is -2.39. The molecule has 0 bridgehead atoms. The van der Waals surface area contributed by atoms with E-state index in [1.807, 2.05) is 36.1 Å². The number of carbonyl (C=O) groups excluding carboxylic acids is 2. The van der Waals surface area contributed by atoms with E-state index in [4.69, 9.17) is 5.73 Å². The largest absolute Gasteiger partial charge is 0.352 e. The summed E-state index contributed by atoms with van der Waals surface area (Å²) in [7, 11) is 0. The molecule has 0 aliphatic carbocycles. The predicted octanol–water partition coefficient (Wildman–Crippen LogP) is 0.916. The summed E-state index contributed by atoms with van der Waals surface area (Å²) in [5, 5.41) is 5.97. The highest BCUT2D eigenvalue weighted by atomic mass is 16.2. The van der Waals surface area contributed by atoms with Crippen molar-refractivity contribution in [2.45, 2.75) is 25.8 Å². The van der Waals surface area contributed by atoms with Crippen LogP contribution in [0.2, 0.25) is 0 Å². The van der Waals surface area contributed by atoms with Gasteiger partial charge in [-0.1, -0.05) is 24.3 Å². The molecule has 0 radical (unpaired) electrons. The molecule has 1 saturated heterocycles. The molecule has 6 heteroatoms. The van der Waals surface area contributed by atoms with Gasteiger partial charge in [-0.25, -0.2) is 4.79 Å². The van der Waals surface area contributed by atoms with Crippen molar-refractivity contribution >= 4 is 11.9 Å². The van der Waals surface area contributed by atoms with Crippen molar-refractivity contribution in [3.05, 3.63) is 35.4 Å². The van der Waals surface area contributed by atoms with Crippen LogP contribution >= 0.6 is 0 Å². The van der Waals surface area contributed by atoms with Crippen molar-refractivity contribution in [2.75, 3.05) is 26.2 Å². The average Bonchev–Trinajstić information content (AvgIpc) is 2.75.